The zero-order chi connectivity index (χ0) is 18.3. The molecule has 3 aromatic rings. The van der Waals surface area contributed by atoms with Crippen LogP contribution in [0.2, 0.25) is 0 Å². The van der Waals surface area contributed by atoms with Crippen molar-refractivity contribution >= 4 is 11.8 Å². The second kappa shape index (κ2) is 8.64. The summed E-state index contributed by atoms with van der Waals surface area (Å²) in [4.78, 5) is 8.83. The first-order chi connectivity index (χ1) is 13.3. The molecule has 1 aliphatic rings. The summed E-state index contributed by atoms with van der Waals surface area (Å²) in [6.45, 7) is 2.93. The van der Waals surface area contributed by atoms with Crippen LogP contribution in [0, 0.1) is 0 Å². The Kier molecular flexibility index (Phi) is 5.59. The van der Waals surface area contributed by atoms with Gasteiger partial charge < -0.3 is 15.4 Å². The van der Waals surface area contributed by atoms with Gasteiger partial charge in [-0.2, -0.15) is 10.1 Å². The number of hydrogen-bond acceptors (Lipinski definition) is 6. The van der Waals surface area contributed by atoms with Gasteiger partial charge in [0.15, 0.2) is 0 Å². The predicted molar refractivity (Wildman–Crippen MR) is 105 cm³/mol. The van der Waals surface area contributed by atoms with E-state index < -0.39 is 0 Å². The Balaban J connectivity index is 1.31. The Hall–Kier alpha value is -2.93. The molecule has 140 valence electrons. The maximum Gasteiger partial charge on any atom is 0.224 e. The number of nitrogens with zero attached hydrogens (tertiary/aromatic N) is 4. The van der Waals surface area contributed by atoms with Gasteiger partial charge in [0.25, 0.3) is 0 Å². The van der Waals surface area contributed by atoms with Gasteiger partial charge in [0.1, 0.15) is 5.82 Å². The molecule has 2 aromatic heterocycles. The molecule has 1 aromatic carbocycles. The summed E-state index contributed by atoms with van der Waals surface area (Å²) in [5.74, 6) is 1.41. The Morgan fingerprint density at radius 1 is 1.15 bits per heavy atom. The summed E-state index contributed by atoms with van der Waals surface area (Å²) >= 11 is 0. The summed E-state index contributed by atoms with van der Waals surface area (Å²) in [6, 6.07) is 14.5. The Bertz CT molecular complexity index is 844. The maximum absolute atomic E-state index is 5.50. The lowest BCUT2D eigenvalue weighted by Gasteiger charge is -2.23. The van der Waals surface area contributed by atoms with Crippen LogP contribution in [0.5, 0.6) is 0 Å². The Labute approximate surface area is 158 Å². The summed E-state index contributed by atoms with van der Waals surface area (Å²) in [5.41, 5.74) is 2.18. The molecule has 7 nitrogen and oxygen atoms in total. The van der Waals surface area contributed by atoms with Crippen LogP contribution in [0.3, 0.4) is 0 Å². The van der Waals surface area contributed by atoms with E-state index in [2.05, 4.69) is 37.8 Å². The topological polar surface area (TPSA) is 76.9 Å². The van der Waals surface area contributed by atoms with Gasteiger partial charge in [0.2, 0.25) is 5.95 Å². The van der Waals surface area contributed by atoms with Gasteiger partial charge in [-0.25, -0.2) is 4.98 Å². The van der Waals surface area contributed by atoms with Crippen molar-refractivity contribution in [3.8, 4) is 0 Å². The molecule has 7 heteroatoms. The number of anilines is 2. The fraction of sp³-hybridized carbons (Fsp3) is 0.350. The van der Waals surface area contributed by atoms with Crippen LogP contribution in [-0.4, -0.2) is 39.0 Å². The zero-order valence-corrected chi connectivity index (χ0v) is 15.2. The van der Waals surface area contributed by atoms with E-state index in [1.807, 2.05) is 41.2 Å². The van der Waals surface area contributed by atoms with E-state index in [4.69, 9.17) is 4.74 Å². The molecule has 27 heavy (non-hydrogen) atoms. The van der Waals surface area contributed by atoms with Gasteiger partial charge in [-0.3, -0.25) is 4.68 Å². The number of rotatable bonds is 7. The third-order valence-corrected chi connectivity index (χ3v) is 4.48. The summed E-state index contributed by atoms with van der Waals surface area (Å²) in [6.07, 6.45) is 5.94. The van der Waals surface area contributed by atoms with E-state index in [1.165, 1.54) is 5.56 Å². The summed E-state index contributed by atoms with van der Waals surface area (Å²) in [5, 5.41) is 11.3. The standard InChI is InChI=1S/C20H24N6O/c1-2-5-16(6-3-1)14-26-11-9-17(25-26)13-22-20-21-10-8-19(24-20)23-18-7-4-12-27-15-18/h1-3,5-6,8-11,18H,4,7,12-15H2,(H2,21,22,23,24). The highest BCUT2D eigenvalue weighted by Crippen LogP contribution is 2.13. The molecule has 1 atom stereocenters. The Morgan fingerprint density at radius 3 is 2.93 bits per heavy atom. The molecule has 4 rings (SSSR count). The fourth-order valence-electron chi connectivity index (χ4n) is 3.11. The van der Waals surface area contributed by atoms with Crippen LogP contribution in [-0.2, 0) is 17.8 Å². The van der Waals surface area contributed by atoms with E-state index >= 15 is 0 Å². The maximum atomic E-state index is 5.50. The third kappa shape index (κ3) is 5.04. The molecular weight excluding hydrogens is 340 g/mol. The van der Waals surface area contributed by atoms with Crippen molar-refractivity contribution in [2.45, 2.75) is 32.0 Å². The molecule has 0 aliphatic carbocycles. The van der Waals surface area contributed by atoms with Crippen LogP contribution in [0.4, 0.5) is 11.8 Å². The number of hydrogen-bond donors (Lipinski definition) is 2. The number of ether oxygens (including phenoxy) is 1. The lowest BCUT2D eigenvalue weighted by molar-refractivity contribution is 0.0875. The van der Waals surface area contributed by atoms with Crippen molar-refractivity contribution in [2.75, 3.05) is 23.8 Å². The summed E-state index contributed by atoms with van der Waals surface area (Å²) in [7, 11) is 0. The smallest absolute Gasteiger partial charge is 0.224 e. The minimum Gasteiger partial charge on any atom is -0.379 e. The minimum absolute atomic E-state index is 0.315. The quantitative estimate of drug-likeness (QED) is 0.671. The molecule has 0 spiro atoms. The average molecular weight is 364 g/mol. The highest BCUT2D eigenvalue weighted by atomic mass is 16.5. The zero-order valence-electron chi connectivity index (χ0n) is 15.2. The minimum atomic E-state index is 0.315. The molecule has 2 N–H and O–H groups in total. The summed E-state index contributed by atoms with van der Waals surface area (Å²) < 4.78 is 7.44. The number of benzene rings is 1. The second-order valence-corrected chi connectivity index (χ2v) is 6.67. The van der Waals surface area contributed by atoms with Gasteiger partial charge in [-0.15, -0.1) is 0 Å². The fourth-order valence-corrected chi connectivity index (χ4v) is 3.11. The normalized spacial score (nSPS) is 16.8. The second-order valence-electron chi connectivity index (χ2n) is 6.67. The largest absolute Gasteiger partial charge is 0.379 e. The SMILES string of the molecule is c1ccc(Cn2ccc(CNc3nccc(NC4CCCOC4)n3)n2)cc1. The first kappa shape index (κ1) is 17.5. The van der Waals surface area contributed by atoms with E-state index in [1.54, 1.807) is 6.20 Å². The van der Waals surface area contributed by atoms with Gasteiger partial charge >= 0.3 is 0 Å². The average Bonchev–Trinajstić information content (AvgIpc) is 3.16. The third-order valence-electron chi connectivity index (χ3n) is 4.48. The predicted octanol–water partition coefficient (Wildman–Crippen LogP) is 2.92. The van der Waals surface area contributed by atoms with Crippen molar-refractivity contribution in [1.29, 1.82) is 0 Å². The van der Waals surface area contributed by atoms with E-state index in [0.29, 0.717) is 18.5 Å². The molecular formula is C20H24N6O. The first-order valence-corrected chi connectivity index (χ1v) is 9.32. The Morgan fingerprint density at radius 2 is 2.07 bits per heavy atom. The van der Waals surface area contributed by atoms with Crippen LogP contribution < -0.4 is 10.6 Å². The molecule has 0 saturated carbocycles. The van der Waals surface area contributed by atoms with Gasteiger partial charge in [-0.1, -0.05) is 30.3 Å². The van der Waals surface area contributed by atoms with Gasteiger partial charge in [-0.05, 0) is 30.5 Å². The first-order valence-electron chi connectivity index (χ1n) is 9.32. The lowest BCUT2D eigenvalue weighted by atomic mass is 10.1. The van der Waals surface area contributed by atoms with Crippen molar-refractivity contribution < 1.29 is 4.74 Å². The van der Waals surface area contributed by atoms with Gasteiger partial charge in [0, 0.05) is 19.0 Å². The monoisotopic (exact) mass is 364 g/mol. The molecule has 0 amide bonds. The molecule has 1 aliphatic heterocycles. The number of aromatic nitrogens is 4. The van der Waals surface area contributed by atoms with Crippen LogP contribution >= 0.6 is 0 Å². The van der Waals surface area contributed by atoms with Gasteiger partial charge in [0.05, 0.1) is 31.4 Å². The van der Waals surface area contributed by atoms with Crippen LogP contribution in [0.15, 0.2) is 54.9 Å². The molecule has 1 fully saturated rings. The van der Waals surface area contributed by atoms with Crippen LogP contribution in [0.1, 0.15) is 24.1 Å². The van der Waals surface area contributed by atoms with E-state index in [-0.39, 0.29) is 0 Å². The number of nitrogens with one attached hydrogen (secondary N) is 2. The van der Waals surface area contributed by atoms with Crippen molar-refractivity contribution in [2.24, 2.45) is 0 Å². The van der Waals surface area contributed by atoms with Crippen molar-refractivity contribution in [3.63, 3.8) is 0 Å². The lowest BCUT2D eigenvalue weighted by Crippen LogP contribution is -2.30. The molecule has 1 saturated heterocycles. The van der Waals surface area contributed by atoms with Crippen LogP contribution in [0.25, 0.3) is 0 Å². The highest BCUT2D eigenvalue weighted by Gasteiger charge is 2.14. The molecule has 0 radical (unpaired) electrons. The molecule has 3 heterocycles. The van der Waals surface area contributed by atoms with Crippen molar-refractivity contribution in [1.82, 2.24) is 19.7 Å². The van der Waals surface area contributed by atoms with E-state index in [9.17, 15) is 0 Å². The van der Waals surface area contributed by atoms with E-state index in [0.717, 1.165) is 44.1 Å². The highest BCUT2D eigenvalue weighted by molar-refractivity contribution is 5.40. The van der Waals surface area contributed by atoms with Crippen molar-refractivity contribution in [3.05, 3.63) is 66.1 Å². The molecule has 1 unspecified atom stereocenters. The molecule has 0 bridgehead atoms.